The predicted octanol–water partition coefficient (Wildman–Crippen LogP) is 5.29. The van der Waals surface area contributed by atoms with E-state index in [0.717, 1.165) is 30.3 Å². The zero-order chi connectivity index (χ0) is 23.1. The Morgan fingerprint density at radius 1 is 1.16 bits per heavy atom. The highest BCUT2D eigenvalue weighted by molar-refractivity contribution is 6.03. The Balaban J connectivity index is 1.54. The van der Waals surface area contributed by atoms with Crippen LogP contribution < -0.4 is 15.4 Å². The van der Waals surface area contributed by atoms with Gasteiger partial charge in [-0.1, -0.05) is 0 Å². The van der Waals surface area contributed by atoms with Crippen molar-refractivity contribution in [2.24, 2.45) is 0 Å². The van der Waals surface area contributed by atoms with Gasteiger partial charge in [0.2, 0.25) is 0 Å². The SMILES string of the molecule is O=C(Nc1ccc(OC(F)(F)F)cc1)c1cc2n(n1)[C@H](C(F)(F)F)C[C@H](c1ccco1)N2. The number of furan rings is 1. The number of nitrogens with zero attached hydrogens (tertiary/aromatic N) is 2. The lowest BCUT2D eigenvalue weighted by Gasteiger charge is -2.32. The Labute approximate surface area is 175 Å². The van der Waals surface area contributed by atoms with Gasteiger partial charge in [0.15, 0.2) is 11.7 Å². The van der Waals surface area contributed by atoms with Gasteiger partial charge in [0.25, 0.3) is 5.91 Å². The first-order valence-electron chi connectivity index (χ1n) is 9.13. The minimum absolute atomic E-state index is 0.0287. The number of aromatic nitrogens is 2. The maximum Gasteiger partial charge on any atom is 0.573 e. The molecule has 0 aliphatic carbocycles. The summed E-state index contributed by atoms with van der Waals surface area (Å²) in [5, 5.41) is 9.04. The zero-order valence-electron chi connectivity index (χ0n) is 15.9. The van der Waals surface area contributed by atoms with Crippen molar-refractivity contribution >= 4 is 17.4 Å². The summed E-state index contributed by atoms with van der Waals surface area (Å²) in [6, 6.07) is 5.74. The standard InChI is InChI=1S/C19H14F6N4O3/c20-18(21,22)15-8-12(14-2-1-7-31-14)27-16-9-13(28-29(15)16)17(30)26-10-3-5-11(6-4-10)32-19(23,24)25/h1-7,9,12,15,27H,8H2,(H,26,30)/t12-,15+/m1/s1. The van der Waals surface area contributed by atoms with Crippen molar-refractivity contribution in [3.05, 3.63) is 60.2 Å². The lowest BCUT2D eigenvalue weighted by molar-refractivity contribution is -0.274. The molecule has 0 saturated heterocycles. The molecule has 13 heteroatoms. The Hall–Kier alpha value is -3.64. The maximum absolute atomic E-state index is 13.6. The number of halogens is 6. The average Bonchev–Trinajstić information content (AvgIpc) is 3.36. The number of fused-ring (bicyclic) bond motifs is 1. The molecule has 0 unspecified atom stereocenters. The van der Waals surface area contributed by atoms with E-state index in [2.05, 4.69) is 20.5 Å². The van der Waals surface area contributed by atoms with Crippen LogP contribution in [0.4, 0.5) is 37.8 Å². The van der Waals surface area contributed by atoms with Crippen molar-refractivity contribution < 1.29 is 40.3 Å². The first kappa shape index (κ1) is 21.6. The van der Waals surface area contributed by atoms with Gasteiger partial charge in [0.1, 0.15) is 17.3 Å². The van der Waals surface area contributed by atoms with E-state index in [-0.39, 0.29) is 17.2 Å². The van der Waals surface area contributed by atoms with Gasteiger partial charge in [0.05, 0.1) is 12.3 Å². The first-order chi connectivity index (χ1) is 15.0. The third kappa shape index (κ3) is 4.65. The van der Waals surface area contributed by atoms with Gasteiger partial charge < -0.3 is 19.8 Å². The van der Waals surface area contributed by atoms with Gasteiger partial charge in [-0.3, -0.25) is 4.79 Å². The summed E-state index contributed by atoms with van der Waals surface area (Å²) in [7, 11) is 0. The van der Waals surface area contributed by atoms with Gasteiger partial charge in [-0.15, -0.1) is 13.2 Å². The molecule has 3 aromatic rings. The monoisotopic (exact) mass is 460 g/mol. The van der Waals surface area contributed by atoms with E-state index in [0.29, 0.717) is 10.4 Å². The number of hydrogen-bond acceptors (Lipinski definition) is 5. The molecule has 1 aliphatic heterocycles. The van der Waals surface area contributed by atoms with Gasteiger partial charge >= 0.3 is 12.5 Å². The molecule has 32 heavy (non-hydrogen) atoms. The number of anilines is 2. The van der Waals surface area contributed by atoms with Gasteiger partial charge in [0, 0.05) is 18.2 Å². The third-order valence-corrected chi connectivity index (χ3v) is 4.65. The predicted molar refractivity (Wildman–Crippen MR) is 98.1 cm³/mol. The molecule has 2 aromatic heterocycles. The molecular weight excluding hydrogens is 446 g/mol. The van der Waals surface area contributed by atoms with Crippen molar-refractivity contribution in [3.8, 4) is 5.75 Å². The van der Waals surface area contributed by atoms with E-state index in [1.807, 2.05) is 0 Å². The largest absolute Gasteiger partial charge is 0.573 e. The minimum atomic E-state index is -4.87. The normalized spacial score (nSPS) is 18.6. The number of alkyl halides is 6. The van der Waals surface area contributed by atoms with Crippen LogP contribution >= 0.6 is 0 Å². The fourth-order valence-electron chi connectivity index (χ4n) is 3.30. The topological polar surface area (TPSA) is 81.3 Å². The molecule has 0 saturated carbocycles. The van der Waals surface area contributed by atoms with E-state index in [1.165, 1.54) is 12.3 Å². The summed E-state index contributed by atoms with van der Waals surface area (Å²) in [6.45, 7) is 0. The molecule has 0 bridgehead atoms. The van der Waals surface area contributed by atoms with Crippen LogP contribution in [0.25, 0.3) is 0 Å². The number of carbonyl (C=O) groups excluding carboxylic acids is 1. The Morgan fingerprint density at radius 3 is 2.47 bits per heavy atom. The Morgan fingerprint density at radius 2 is 1.88 bits per heavy atom. The molecule has 170 valence electrons. The van der Waals surface area contributed by atoms with Crippen molar-refractivity contribution in [2.45, 2.75) is 31.0 Å². The van der Waals surface area contributed by atoms with Crippen LogP contribution in [0.15, 0.2) is 53.1 Å². The van der Waals surface area contributed by atoms with E-state index >= 15 is 0 Å². The highest BCUT2D eigenvalue weighted by Crippen LogP contribution is 2.43. The molecule has 2 N–H and O–H groups in total. The smallest absolute Gasteiger partial charge is 0.467 e. The lowest BCUT2D eigenvalue weighted by Crippen LogP contribution is -2.35. The second kappa shape index (κ2) is 7.80. The van der Waals surface area contributed by atoms with Crippen LogP contribution in [0.1, 0.15) is 34.8 Å². The van der Waals surface area contributed by atoms with Gasteiger partial charge in [-0.2, -0.15) is 18.3 Å². The van der Waals surface area contributed by atoms with Gasteiger partial charge in [-0.25, -0.2) is 4.68 Å². The molecule has 0 spiro atoms. The average molecular weight is 460 g/mol. The molecule has 2 atom stereocenters. The summed E-state index contributed by atoms with van der Waals surface area (Å²) >= 11 is 0. The summed E-state index contributed by atoms with van der Waals surface area (Å²) in [5.74, 6) is -1.05. The molecule has 4 rings (SSSR count). The van der Waals surface area contributed by atoms with E-state index in [4.69, 9.17) is 4.42 Å². The van der Waals surface area contributed by atoms with Crippen molar-refractivity contribution in [1.82, 2.24) is 9.78 Å². The minimum Gasteiger partial charge on any atom is -0.467 e. The van der Waals surface area contributed by atoms with Crippen molar-refractivity contribution in [3.63, 3.8) is 0 Å². The lowest BCUT2D eigenvalue weighted by atomic mass is 10.0. The fourth-order valence-corrected chi connectivity index (χ4v) is 3.30. The van der Waals surface area contributed by atoms with Crippen molar-refractivity contribution in [2.75, 3.05) is 10.6 Å². The molecule has 7 nitrogen and oxygen atoms in total. The van der Waals surface area contributed by atoms with E-state index in [1.54, 1.807) is 6.07 Å². The molecule has 1 aliphatic rings. The van der Waals surface area contributed by atoms with Crippen LogP contribution in [0, 0.1) is 0 Å². The molecule has 0 fully saturated rings. The Kier molecular flexibility index (Phi) is 5.26. The fraction of sp³-hybridized carbons (Fsp3) is 0.263. The summed E-state index contributed by atoms with van der Waals surface area (Å²) in [5.41, 5.74) is -0.207. The van der Waals surface area contributed by atoms with Crippen LogP contribution in [-0.2, 0) is 0 Å². The summed E-state index contributed by atoms with van der Waals surface area (Å²) < 4.78 is 87.2. The molecule has 3 heterocycles. The van der Waals surface area contributed by atoms with Crippen LogP contribution in [0.3, 0.4) is 0 Å². The first-order valence-corrected chi connectivity index (χ1v) is 9.13. The maximum atomic E-state index is 13.6. The molecule has 0 radical (unpaired) electrons. The number of benzene rings is 1. The second-order valence-electron chi connectivity index (χ2n) is 6.89. The quantitative estimate of drug-likeness (QED) is 0.518. The third-order valence-electron chi connectivity index (χ3n) is 4.65. The highest BCUT2D eigenvalue weighted by atomic mass is 19.4. The zero-order valence-corrected chi connectivity index (χ0v) is 15.9. The molecular formula is C19H14F6N4O3. The number of amides is 1. The second-order valence-corrected chi connectivity index (χ2v) is 6.89. The number of carbonyl (C=O) groups is 1. The van der Waals surface area contributed by atoms with E-state index < -0.39 is 42.7 Å². The van der Waals surface area contributed by atoms with Gasteiger partial charge in [-0.05, 0) is 36.4 Å². The van der Waals surface area contributed by atoms with Crippen LogP contribution in [0.2, 0.25) is 0 Å². The molecule has 1 aromatic carbocycles. The number of hydrogen-bond donors (Lipinski definition) is 2. The number of rotatable bonds is 4. The highest BCUT2D eigenvalue weighted by Gasteiger charge is 2.47. The summed E-state index contributed by atoms with van der Waals surface area (Å²) in [4.78, 5) is 12.5. The summed E-state index contributed by atoms with van der Waals surface area (Å²) in [6.07, 6.45) is -8.55. The Bertz CT molecular complexity index is 1090. The number of nitrogens with one attached hydrogen (secondary N) is 2. The van der Waals surface area contributed by atoms with E-state index in [9.17, 15) is 31.1 Å². The number of ether oxygens (including phenoxy) is 1. The van der Waals surface area contributed by atoms with Crippen molar-refractivity contribution in [1.29, 1.82) is 0 Å². The van der Waals surface area contributed by atoms with Crippen LogP contribution in [0.5, 0.6) is 5.75 Å². The van der Waals surface area contributed by atoms with Crippen LogP contribution in [-0.4, -0.2) is 28.2 Å². The molecule has 1 amide bonds.